The van der Waals surface area contributed by atoms with E-state index in [2.05, 4.69) is 11.6 Å². The summed E-state index contributed by atoms with van der Waals surface area (Å²) in [6.07, 6.45) is 8.85. The molecule has 0 bridgehead atoms. The molecular weight excluding hydrogens is 321 g/mol. The molecule has 1 fully saturated rings. The van der Waals surface area contributed by atoms with Crippen molar-refractivity contribution >= 4 is 17.0 Å². The largest absolute Gasteiger partial charge is 0.253 e. The zero-order valence-electron chi connectivity index (χ0n) is 13.7. The van der Waals surface area contributed by atoms with E-state index in [0.29, 0.717) is 6.54 Å². The van der Waals surface area contributed by atoms with Gasteiger partial charge in [-0.05, 0) is 49.9 Å². The molecule has 1 saturated carbocycles. The minimum atomic E-state index is -0.229. The second-order valence-electron chi connectivity index (χ2n) is 5.93. The Morgan fingerprint density at radius 1 is 1.12 bits per heavy atom. The molecule has 0 atom stereocenters. The summed E-state index contributed by atoms with van der Waals surface area (Å²) in [5.41, 5.74) is 3.14. The first-order chi connectivity index (χ1) is 11.8. The van der Waals surface area contributed by atoms with Crippen LogP contribution in [0.4, 0.5) is 4.39 Å². The zero-order valence-corrected chi connectivity index (χ0v) is 14.6. The summed E-state index contributed by atoms with van der Waals surface area (Å²) >= 11 is 1.56. The minimum absolute atomic E-state index is 0.229. The molecule has 0 N–H and O–H groups in total. The van der Waals surface area contributed by atoms with Gasteiger partial charge >= 0.3 is 0 Å². The number of rotatable bonds is 4. The second kappa shape index (κ2) is 8.20. The van der Waals surface area contributed by atoms with Crippen LogP contribution < -0.4 is 4.80 Å². The molecule has 3 nitrogen and oxygen atoms in total. The van der Waals surface area contributed by atoms with Crippen molar-refractivity contribution in [3.05, 3.63) is 52.9 Å². The standard InChI is InChI=1S/C19H22FN3S/c1-2-13-21-19-23(22-17-7-5-3-4-6-8-17)18(14-24-19)15-9-11-16(20)12-10-15/h2,9-12,14H,1,3-8,13H2. The van der Waals surface area contributed by atoms with E-state index in [9.17, 15) is 4.39 Å². The first kappa shape index (κ1) is 16.8. The van der Waals surface area contributed by atoms with E-state index in [4.69, 9.17) is 5.10 Å². The van der Waals surface area contributed by atoms with Crippen molar-refractivity contribution in [2.24, 2.45) is 10.1 Å². The maximum Gasteiger partial charge on any atom is 0.206 e. The quantitative estimate of drug-likeness (QED) is 0.552. The Morgan fingerprint density at radius 2 is 1.83 bits per heavy atom. The van der Waals surface area contributed by atoms with Gasteiger partial charge in [0.2, 0.25) is 4.80 Å². The summed E-state index contributed by atoms with van der Waals surface area (Å²) in [4.78, 5) is 5.41. The highest BCUT2D eigenvalue weighted by Crippen LogP contribution is 2.22. The van der Waals surface area contributed by atoms with Gasteiger partial charge in [-0.3, -0.25) is 4.99 Å². The van der Waals surface area contributed by atoms with Crippen LogP contribution in [-0.2, 0) is 0 Å². The molecule has 0 amide bonds. The van der Waals surface area contributed by atoms with Crippen LogP contribution >= 0.6 is 11.3 Å². The predicted octanol–water partition coefficient (Wildman–Crippen LogP) is 5.00. The molecule has 1 aromatic heterocycles. The fraction of sp³-hybridized carbons (Fsp3) is 0.368. The topological polar surface area (TPSA) is 29.6 Å². The van der Waals surface area contributed by atoms with Gasteiger partial charge in [-0.25, -0.2) is 9.07 Å². The SMILES string of the molecule is C=CCN=c1scc(-c2ccc(F)cc2)n1N=C1CCCCCC1. The van der Waals surface area contributed by atoms with E-state index in [0.717, 1.165) is 28.9 Å². The Balaban J connectivity index is 2.06. The Morgan fingerprint density at radius 3 is 2.50 bits per heavy atom. The monoisotopic (exact) mass is 343 g/mol. The summed E-state index contributed by atoms with van der Waals surface area (Å²) in [6.45, 7) is 4.30. The normalized spacial score (nSPS) is 16.0. The fourth-order valence-corrected chi connectivity index (χ4v) is 3.69. The van der Waals surface area contributed by atoms with Crippen LogP contribution in [0.5, 0.6) is 0 Å². The fourth-order valence-electron chi connectivity index (χ4n) is 2.84. The first-order valence-electron chi connectivity index (χ1n) is 8.42. The lowest BCUT2D eigenvalue weighted by atomic mass is 10.2. The van der Waals surface area contributed by atoms with Crippen molar-refractivity contribution < 1.29 is 4.39 Å². The molecule has 1 aliphatic rings. The molecule has 0 spiro atoms. The maximum atomic E-state index is 13.2. The summed E-state index contributed by atoms with van der Waals surface area (Å²) < 4.78 is 15.1. The molecule has 0 unspecified atom stereocenters. The van der Waals surface area contributed by atoms with Crippen molar-refractivity contribution in [1.82, 2.24) is 4.68 Å². The summed E-state index contributed by atoms with van der Waals surface area (Å²) in [7, 11) is 0. The van der Waals surface area contributed by atoms with Gasteiger partial charge in [0.25, 0.3) is 0 Å². The maximum absolute atomic E-state index is 13.2. The highest BCUT2D eigenvalue weighted by Gasteiger charge is 2.11. The van der Waals surface area contributed by atoms with E-state index >= 15 is 0 Å². The number of halogens is 1. The molecule has 1 heterocycles. The summed E-state index contributed by atoms with van der Waals surface area (Å²) in [5, 5.41) is 6.95. The number of hydrogen-bond acceptors (Lipinski definition) is 3. The molecule has 24 heavy (non-hydrogen) atoms. The van der Waals surface area contributed by atoms with Gasteiger partial charge in [-0.15, -0.1) is 17.9 Å². The number of aromatic nitrogens is 1. The third-order valence-electron chi connectivity index (χ3n) is 4.10. The van der Waals surface area contributed by atoms with Crippen molar-refractivity contribution in [2.75, 3.05) is 6.54 Å². The molecule has 2 aromatic rings. The lowest BCUT2D eigenvalue weighted by Gasteiger charge is -2.07. The average molecular weight is 343 g/mol. The Bertz CT molecular complexity index is 774. The van der Waals surface area contributed by atoms with Crippen LogP contribution in [-0.4, -0.2) is 16.9 Å². The molecule has 0 aliphatic heterocycles. The second-order valence-corrected chi connectivity index (χ2v) is 6.77. The van der Waals surface area contributed by atoms with Gasteiger partial charge in [-0.1, -0.05) is 18.9 Å². The van der Waals surface area contributed by atoms with Gasteiger partial charge in [-0.2, -0.15) is 5.10 Å². The first-order valence-corrected chi connectivity index (χ1v) is 9.30. The van der Waals surface area contributed by atoms with E-state index < -0.39 is 0 Å². The van der Waals surface area contributed by atoms with Crippen molar-refractivity contribution in [3.63, 3.8) is 0 Å². The Labute approximate surface area is 145 Å². The van der Waals surface area contributed by atoms with Gasteiger partial charge in [0.15, 0.2) is 0 Å². The van der Waals surface area contributed by atoms with Crippen LogP contribution in [0.2, 0.25) is 0 Å². The molecule has 1 aromatic carbocycles. The molecule has 3 rings (SSSR count). The molecule has 0 saturated heterocycles. The van der Waals surface area contributed by atoms with Crippen molar-refractivity contribution in [1.29, 1.82) is 0 Å². The molecule has 5 heteroatoms. The predicted molar refractivity (Wildman–Crippen MR) is 98.9 cm³/mol. The Kier molecular flexibility index (Phi) is 5.75. The molecule has 1 aliphatic carbocycles. The Hall–Kier alpha value is -2.01. The summed E-state index contributed by atoms with van der Waals surface area (Å²) in [5.74, 6) is -0.229. The lowest BCUT2D eigenvalue weighted by molar-refractivity contribution is 0.628. The summed E-state index contributed by atoms with van der Waals surface area (Å²) in [6, 6.07) is 6.55. The molecular formula is C19H22FN3S. The number of nitrogens with zero attached hydrogens (tertiary/aromatic N) is 3. The van der Waals surface area contributed by atoms with Crippen LogP contribution in [0.1, 0.15) is 38.5 Å². The minimum Gasteiger partial charge on any atom is -0.253 e. The van der Waals surface area contributed by atoms with Gasteiger partial charge in [0, 0.05) is 16.7 Å². The van der Waals surface area contributed by atoms with E-state index in [1.165, 1.54) is 43.5 Å². The van der Waals surface area contributed by atoms with Crippen molar-refractivity contribution in [2.45, 2.75) is 38.5 Å². The zero-order chi connectivity index (χ0) is 16.8. The smallest absolute Gasteiger partial charge is 0.206 e. The van der Waals surface area contributed by atoms with Crippen LogP contribution in [0.3, 0.4) is 0 Å². The van der Waals surface area contributed by atoms with E-state index in [-0.39, 0.29) is 5.82 Å². The third-order valence-corrected chi connectivity index (χ3v) is 4.96. The van der Waals surface area contributed by atoms with E-state index in [1.807, 2.05) is 10.1 Å². The number of thiazole rings is 1. The molecule has 0 radical (unpaired) electrons. The number of hydrogen-bond donors (Lipinski definition) is 0. The van der Waals surface area contributed by atoms with Crippen molar-refractivity contribution in [3.8, 4) is 11.3 Å². The van der Waals surface area contributed by atoms with Crippen LogP contribution in [0.25, 0.3) is 11.3 Å². The lowest BCUT2D eigenvalue weighted by Crippen LogP contribution is -2.15. The van der Waals surface area contributed by atoms with Gasteiger partial charge in [0.05, 0.1) is 12.2 Å². The number of benzene rings is 1. The highest BCUT2D eigenvalue weighted by atomic mass is 32.1. The third kappa shape index (κ3) is 4.09. The van der Waals surface area contributed by atoms with Crippen LogP contribution in [0.15, 0.2) is 52.4 Å². The average Bonchev–Trinajstić information content (AvgIpc) is 2.80. The van der Waals surface area contributed by atoms with Gasteiger partial charge < -0.3 is 0 Å². The van der Waals surface area contributed by atoms with Crippen LogP contribution in [0, 0.1) is 5.82 Å². The van der Waals surface area contributed by atoms with Gasteiger partial charge in [0.1, 0.15) is 5.82 Å². The highest BCUT2D eigenvalue weighted by molar-refractivity contribution is 7.07. The van der Waals surface area contributed by atoms with E-state index in [1.54, 1.807) is 29.5 Å². The molecule has 126 valence electrons.